The van der Waals surface area contributed by atoms with E-state index in [4.69, 9.17) is 34.8 Å². The Labute approximate surface area is 288 Å². The summed E-state index contributed by atoms with van der Waals surface area (Å²) in [6.07, 6.45) is 0. The van der Waals surface area contributed by atoms with Gasteiger partial charge in [-0.25, -0.2) is 0 Å². The van der Waals surface area contributed by atoms with E-state index in [-0.39, 0.29) is 35.6 Å². The molecular weight excluding hydrogens is 776 g/mol. The maximum Gasteiger partial charge on any atom is 0.0690 e. The molecule has 5 rings (SSSR count). The first kappa shape index (κ1) is 38.1. The van der Waals surface area contributed by atoms with E-state index >= 15 is 0 Å². The molecule has 0 amide bonds. The van der Waals surface area contributed by atoms with Gasteiger partial charge in [-0.3, -0.25) is 0 Å². The molecule has 5 aromatic rings. The van der Waals surface area contributed by atoms with E-state index in [0.717, 1.165) is 11.1 Å². The third-order valence-corrected chi connectivity index (χ3v) is 7.74. The van der Waals surface area contributed by atoms with Crippen LogP contribution in [0.15, 0.2) is 78.9 Å². The van der Waals surface area contributed by atoms with Gasteiger partial charge in [0.1, 0.15) is 0 Å². The molecule has 0 nitrogen and oxygen atoms in total. The molecule has 0 aliphatic rings. The summed E-state index contributed by atoms with van der Waals surface area (Å²) in [6.45, 7) is 17.9. The Morgan fingerprint density at radius 2 is 1.15 bits per heavy atom. The fourth-order valence-electron chi connectivity index (χ4n) is 4.26. The molecular formula is C35H37Cl5Hf-2. The Morgan fingerprint density at radius 3 is 1.54 bits per heavy atom. The Morgan fingerprint density at radius 1 is 0.683 bits per heavy atom. The summed E-state index contributed by atoms with van der Waals surface area (Å²) in [5.74, 6) is 0. The minimum absolute atomic E-state index is 0. The summed E-state index contributed by atoms with van der Waals surface area (Å²) in [6, 6.07) is 27.7. The fraction of sp³-hybridized carbons (Fsp3) is 0.286. The second-order valence-corrected chi connectivity index (χ2v) is 16.9. The smallest absolute Gasteiger partial charge is 0.0690 e. The molecule has 0 bridgehead atoms. The van der Waals surface area contributed by atoms with Crippen LogP contribution in [0.2, 0.25) is 15.1 Å². The van der Waals surface area contributed by atoms with Gasteiger partial charge >= 0.3 is 41.0 Å². The van der Waals surface area contributed by atoms with E-state index in [2.05, 4.69) is 97.9 Å². The van der Waals surface area contributed by atoms with Gasteiger partial charge in [-0.05, 0) is 10.8 Å². The Hall–Kier alpha value is -0.930. The monoisotopic (exact) mass is 812 g/mol. The van der Waals surface area contributed by atoms with E-state index in [1.807, 2.05) is 30.3 Å². The normalized spacial score (nSPS) is 11.0. The molecule has 0 radical (unpaired) electrons. The molecule has 0 saturated carbocycles. The molecule has 0 heterocycles. The zero-order valence-corrected chi connectivity index (χ0v) is 32.3. The number of halogens is 5. The van der Waals surface area contributed by atoms with Crippen molar-refractivity contribution in [1.82, 2.24) is 0 Å². The number of rotatable bonds is 1. The van der Waals surface area contributed by atoms with Crippen LogP contribution in [-0.4, -0.2) is 3.26 Å². The van der Waals surface area contributed by atoms with E-state index in [1.165, 1.54) is 56.6 Å². The molecule has 0 aromatic heterocycles. The van der Waals surface area contributed by atoms with E-state index in [9.17, 15) is 0 Å². The van der Waals surface area contributed by atoms with E-state index in [0.29, 0.717) is 15.1 Å². The first-order chi connectivity index (χ1) is 18.1. The maximum atomic E-state index is 6.07. The predicted molar refractivity (Wildman–Crippen MR) is 173 cm³/mol. The summed E-state index contributed by atoms with van der Waals surface area (Å²) in [5.41, 5.74) is 5.17. The second kappa shape index (κ2) is 15.7. The van der Waals surface area contributed by atoms with Crippen LogP contribution >= 0.6 is 34.8 Å². The molecule has 218 valence electrons. The quantitative estimate of drug-likeness (QED) is 0.109. The summed E-state index contributed by atoms with van der Waals surface area (Å²) in [7, 11) is 0. The molecule has 0 N–H and O–H groups in total. The molecule has 5 aromatic carbocycles. The summed E-state index contributed by atoms with van der Waals surface area (Å²) in [4.78, 5) is 0. The number of hydrogen-bond acceptors (Lipinski definition) is 0. The molecule has 0 aliphatic carbocycles. The summed E-state index contributed by atoms with van der Waals surface area (Å²) < 4.78 is 1.56. The molecule has 0 unspecified atom stereocenters. The molecule has 0 atom stereocenters. The van der Waals surface area contributed by atoms with Crippen LogP contribution < -0.4 is 24.8 Å². The SMILES string of the molecule is CC(C)(C)c1ccc2c(c1)[cH-]c1cc(C(C)(C)C)ccc12.C[C](C)=[Hf+2].Clc1ccc(-c2ccc[cH-]2)c(Cl)c1Cl.[Cl-].[Cl-]. The van der Waals surface area contributed by atoms with Crippen LogP contribution in [0, 0.1) is 0 Å². The first-order valence-corrected chi connectivity index (χ1v) is 16.0. The van der Waals surface area contributed by atoms with Crippen molar-refractivity contribution in [1.29, 1.82) is 0 Å². The van der Waals surface area contributed by atoms with Crippen LogP contribution in [-0.2, 0) is 34.7 Å². The summed E-state index contributed by atoms with van der Waals surface area (Å²) >= 11 is 19.1. The second-order valence-electron chi connectivity index (χ2n) is 12.1. The minimum Gasteiger partial charge on any atom is -1.00 e. The van der Waals surface area contributed by atoms with Crippen molar-refractivity contribution in [3.8, 4) is 11.1 Å². The van der Waals surface area contributed by atoms with Crippen LogP contribution in [0.3, 0.4) is 0 Å². The Balaban J connectivity index is 0.000000366. The minimum atomic E-state index is 0. The van der Waals surface area contributed by atoms with Crippen molar-refractivity contribution < 1.29 is 48.7 Å². The first-order valence-electron chi connectivity index (χ1n) is 13.1. The van der Waals surface area contributed by atoms with Crippen LogP contribution in [0.5, 0.6) is 0 Å². The average Bonchev–Trinajstić information content (AvgIpc) is 3.49. The third-order valence-electron chi connectivity index (χ3n) is 6.45. The largest absolute Gasteiger partial charge is 1.00 e. The van der Waals surface area contributed by atoms with Crippen molar-refractivity contribution in [3.05, 3.63) is 105 Å². The zero-order valence-electron chi connectivity index (χ0n) is 24.9. The topological polar surface area (TPSA) is 0 Å². The van der Waals surface area contributed by atoms with Gasteiger partial charge < -0.3 is 24.8 Å². The molecule has 0 fully saturated rings. The van der Waals surface area contributed by atoms with Gasteiger partial charge in [-0.1, -0.05) is 129 Å². The van der Waals surface area contributed by atoms with Gasteiger partial charge in [-0.15, -0.1) is 51.4 Å². The predicted octanol–water partition coefficient (Wildman–Crippen LogP) is 6.09. The van der Waals surface area contributed by atoms with Gasteiger partial charge in [0, 0.05) is 5.02 Å². The zero-order chi connectivity index (χ0) is 29.1. The standard InChI is InChI=1S/C21H25.C11H6Cl3.C3H6.2ClH.Hf/c1-20(2,3)16-7-9-18-14(12-16)11-15-13-17(21(4,5)6)8-10-19(15)18;12-9-6-5-8(10(13)11(9)14)7-3-1-2-4-7;1-3-2;;;/h7-13H,1-6H3;1-6H;1-2H3;2*1H;/q2*-1;;;;+2/p-2. The van der Waals surface area contributed by atoms with Crippen LogP contribution in [0.4, 0.5) is 0 Å². The van der Waals surface area contributed by atoms with Crippen LogP contribution in [0.1, 0.15) is 66.5 Å². The number of fused-ring (bicyclic) bond motifs is 3. The van der Waals surface area contributed by atoms with Crippen molar-refractivity contribution >= 4 is 59.6 Å². The van der Waals surface area contributed by atoms with Crippen molar-refractivity contribution in [3.63, 3.8) is 0 Å². The third kappa shape index (κ3) is 10.1. The summed E-state index contributed by atoms with van der Waals surface area (Å²) in [5, 5.41) is 6.87. The fourth-order valence-corrected chi connectivity index (χ4v) is 4.90. The molecule has 41 heavy (non-hydrogen) atoms. The number of benzene rings is 3. The van der Waals surface area contributed by atoms with Crippen molar-refractivity contribution in [2.75, 3.05) is 0 Å². The van der Waals surface area contributed by atoms with Gasteiger partial charge in [0.05, 0.1) is 10.0 Å². The van der Waals surface area contributed by atoms with Crippen LogP contribution in [0.25, 0.3) is 32.7 Å². The average molecular weight is 813 g/mol. The molecule has 6 heteroatoms. The van der Waals surface area contributed by atoms with Gasteiger partial charge in [0.15, 0.2) is 0 Å². The molecule has 0 spiro atoms. The maximum absolute atomic E-state index is 6.07. The molecule has 0 saturated heterocycles. The van der Waals surface area contributed by atoms with Gasteiger partial charge in [-0.2, -0.15) is 18.2 Å². The number of hydrogen-bond donors (Lipinski definition) is 0. The van der Waals surface area contributed by atoms with Crippen molar-refractivity contribution in [2.24, 2.45) is 0 Å². The Bertz CT molecular complexity index is 1510. The Kier molecular flexibility index (Phi) is 14.6. The van der Waals surface area contributed by atoms with Gasteiger partial charge in [0.2, 0.25) is 0 Å². The van der Waals surface area contributed by atoms with E-state index in [1.54, 1.807) is 9.32 Å². The molecule has 0 aliphatic heterocycles. The van der Waals surface area contributed by atoms with E-state index < -0.39 is 0 Å². The van der Waals surface area contributed by atoms with Crippen molar-refractivity contribution in [2.45, 2.75) is 66.2 Å². The van der Waals surface area contributed by atoms with Gasteiger partial charge in [0.25, 0.3) is 0 Å².